The smallest absolute Gasteiger partial charge is 0.274 e. The summed E-state index contributed by atoms with van der Waals surface area (Å²) in [5, 5.41) is 6.07. The van der Waals surface area contributed by atoms with E-state index in [2.05, 4.69) is 31.4 Å². The van der Waals surface area contributed by atoms with Gasteiger partial charge in [-0.3, -0.25) is 34.2 Å². The van der Waals surface area contributed by atoms with Gasteiger partial charge in [0.25, 0.3) is 17.4 Å². The van der Waals surface area contributed by atoms with Crippen LogP contribution in [-0.2, 0) is 16.1 Å². The predicted octanol–water partition coefficient (Wildman–Crippen LogP) is 5.11. The van der Waals surface area contributed by atoms with Crippen LogP contribution in [0.4, 0.5) is 20.9 Å². The molecule has 1 aliphatic carbocycles. The fourth-order valence-corrected chi connectivity index (χ4v) is 11.0. The van der Waals surface area contributed by atoms with Crippen LogP contribution in [0.5, 0.6) is 5.75 Å². The number of amides is 4. The topological polar surface area (TPSA) is 149 Å². The molecule has 2 bridgehead atoms. The minimum atomic E-state index is -1.05. The van der Waals surface area contributed by atoms with Crippen molar-refractivity contribution in [3.05, 3.63) is 75.7 Å². The molecule has 0 spiro atoms. The molecule has 1 saturated carbocycles. The van der Waals surface area contributed by atoms with Crippen LogP contribution in [0.3, 0.4) is 0 Å². The van der Waals surface area contributed by atoms with Gasteiger partial charge in [-0.25, -0.2) is 9.37 Å². The lowest BCUT2D eigenvalue weighted by molar-refractivity contribution is -0.136. The fraction of sp³-hybridized carbons (Fsp3) is 0.500. The lowest BCUT2D eigenvalue weighted by Crippen LogP contribution is -2.55. The Bertz CT molecular complexity index is 2450. The van der Waals surface area contributed by atoms with Crippen molar-refractivity contribution in [2.45, 2.75) is 102 Å². The molecular formula is C44H49FN8O6S. The Kier molecular flexibility index (Phi) is 9.89. The second kappa shape index (κ2) is 15.3. The molecule has 2 N–H and O–H groups in total. The van der Waals surface area contributed by atoms with Gasteiger partial charge in [-0.1, -0.05) is 17.4 Å². The second-order valence-corrected chi connectivity index (χ2v) is 18.6. The summed E-state index contributed by atoms with van der Waals surface area (Å²) >= 11 is 1.56. The molecule has 7 heterocycles. The molecule has 5 fully saturated rings. The van der Waals surface area contributed by atoms with Gasteiger partial charge in [0.15, 0.2) is 5.13 Å². The first kappa shape index (κ1) is 38.8. The number of rotatable bonds is 10. The third kappa shape index (κ3) is 7.20. The summed E-state index contributed by atoms with van der Waals surface area (Å²) in [4.78, 5) is 78.6. The molecule has 5 atom stereocenters. The molecule has 14 nitrogen and oxygen atoms in total. The average molecular weight is 837 g/mol. The van der Waals surface area contributed by atoms with E-state index in [1.54, 1.807) is 34.6 Å². The van der Waals surface area contributed by atoms with E-state index in [1.165, 1.54) is 10.6 Å². The highest BCUT2D eigenvalue weighted by Gasteiger charge is 2.43. The number of fused-ring (bicyclic) bond motifs is 4. The van der Waals surface area contributed by atoms with E-state index < -0.39 is 35.6 Å². The molecule has 5 aliphatic heterocycles. The zero-order valence-corrected chi connectivity index (χ0v) is 34.6. The predicted molar refractivity (Wildman–Crippen MR) is 226 cm³/mol. The van der Waals surface area contributed by atoms with Crippen LogP contribution >= 0.6 is 11.3 Å². The quantitative estimate of drug-likeness (QED) is 0.207. The van der Waals surface area contributed by atoms with Gasteiger partial charge in [-0.05, 0) is 87.8 Å². The SMILES string of the molecule is CC(C)Oc1cc2nc(N3CC4CCC(C3)N4CC3CCN(c4ccc5c(c4)C(=O)N(C4CCC(=O)NC4=O)C5)CC3)sc2cc1C(=O)Nc1cccn([C@H]2C[C@H]2F)c1=O. The zero-order chi connectivity index (χ0) is 41.4. The van der Waals surface area contributed by atoms with E-state index in [4.69, 9.17) is 9.72 Å². The van der Waals surface area contributed by atoms with Gasteiger partial charge < -0.3 is 29.3 Å². The van der Waals surface area contributed by atoms with E-state index in [9.17, 15) is 28.4 Å². The second-order valence-electron chi connectivity index (χ2n) is 17.5. The monoisotopic (exact) mass is 836 g/mol. The first-order valence-electron chi connectivity index (χ1n) is 21.3. The van der Waals surface area contributed by atoms with Gasteiger partial charge in [0, 0.05) is 87.7 Å². The highest BCUT2D eigenvalue weighted by Crippen LogP contribution is 2.41. The molecule has 314 valence electrons. The zero-order valence-electron chi connectivity index (χ0n) is 33.8. The van der Waals surface area contributed by atoms with Crippen LogP contribution in [0.15, 0.2) is 53.5 Å². The molecule has 2 aromatic heterocycles. The maximum absolute atomic E-state index is 13.8. The van der Waals surface area contributed by atoms with Crippen LogP contribution in [0.1, 0.15) is 91.1 Å². The molecule has 4 amide bonds. The van der Waals surface area contributed by atoms with Crippen molar-refractivity contribution in [3.63, 3.8) is 0 Å². The van der Waals surface area contributed by atoms with Crippen molar-refractivity contribution in [1.29, 1.82) is 0 Å². The van der Waals surface area contributed by atoms with Gasteiger partial charge in [0.05, 0.1) is 27.9 Å². The van der Waals surface area contributed by atoms with E-state index in [1.807, 2.05) is 32.0 Å². The number of hydrogen-bond acceptors (Lipinski definition) is 11. The number of nitrogens with zero attached hydrogens (tertiary/aromatic N) is 6. The van der Waals surface area contributed by atoms with Gasteiger partial charge in [0.1, 0.15) is 23.7 Å². The number of imide groups is 1. The Morgan fingerprint density at radius 3 is 2.48 bits per heavy atom. The maximum Gasteiger partial charge on any atom is 0.274 e. The number of hydrogen-bond donors (Lipinski definition) is 2. The summed E-state index contributed by atoms with van der Waals surface area (Å²) in [6.45, 7) is 8.86. The number of halogens is 1. The number of anilines is 3. The van der Waals surface area contributed by atoms with Gasteiger partial charge in [0.2, 0.25) is 11.8 Å². The molecule has 0 radical (unpaired) electrons. The summed E-state index contributed by atoms with van der Waals surface area (Å²) < 4.78 is 22.1. The van der Waals surface area contributed by atoms with E-state index in [-0.39, 0.29) is 30.0 Å². The molecule has 16 heteroatoms. The first-order chi connectivity index (χ1) is 29.0. The Hall–Kier alpha value is -5.35. The van der Waals surface area contributed by atoms with E-state index in [0.29, 0.717) is 54.3 Å². The number of thiazole rings is 1. The van der Waals surface area contributed by atoms with E-state index >= 15 is 0 Å². The molecular weight excluding hydrogens is 788 g/mol. The van der Waals surface area contributed by atoms with Crippen LogP contribution in [0, 0.1) is 5.92 Å². The number of ether oxygens (including phenoxy) is 1. The number of pyridine rings is 1. The Morgan fingerprint density at radius 2 is 1.77 bits per heavy atom. The minimum Gasteiger partial charge on any atom is -0.490 e. The Balaban J connectivity index is 0.774. The van der Waals surface area contributed by atoms with Gasteiger partial charge >= 0.3 is 0 Å². The molecule has 60 heavy (non-hydrogen) atoms. The van der Waals surface area contributed by atoms with E-state index in [0.717, 1.165) is 85.0 Å². The van der Waals surface area contributed by atoms with Crippen molar-refractivity contribution in [1.82, 2.24) is 24.7 Å². The highest BCUT2D eigenvalue weighted by molar-refractivity contribution is 7.22. The van der Waals surface area contributed by atoms with Crippen LogP contribution in [0.2, 0.25) is 0 Å². The third-order valence-corrected chi connectivity index (χ3v) is 14.3. The number of piperazine rings is 1. The van der Waals surface area contributed by atoms with Crippen molar-refractivity contribution in [2.24, 2.45) is 5.92 Å². The number of nitrogens with one attached hydrogen (secondary N) is 2. The third-order valence-electron chi connectivity index (χ3n) is 13.2. The number of benzene rings is 2. The summed E-state index contributed by atoms with van der Waals surface area (Å²) in [5.41, 5.74) is 3.35. The number of carbonyl (C=O) groups is 4. The van der Waals surface area contributed by atoms with Gasteiger partial charge in [-0.2, -0.15) is 0 Å². The lowest BCUT2D eigenvalue weighted by atomic mass is 9.94. The van der Waals surface area contributed by atoms with Crippen LogP contribution < -0.4 is 30.7 Å². The van der Waals surface area contributed by atoms with Crippen LogP contribution in [0.25, 0.3) is 10.2 Å². The van der Waals surface area contributed by atoms with Gasteiger partial charge in [-0.15, -0.1) is 0 Å². The number of alkyl halides is 1. The summed E-state index contributed by atoms with van der Waals surface area (Å²) in [6, 6.07) is 12.7. The molecule has 6 aliphatic rings. The molecule has 2 aromatic carbocycles. The van der Waals surface area contributed by atoms with Crippen molar-refractivity contribution in [2.75, 3.05) is 47.8 Å². The van der Waals surface area contributed by atoms with Crippen molar-refractivity contribution >= 4 is 61.7 Å². The van der Waals surface area contributed by atoms with Crippen molar-refractivity contribution in [3.8, 4) is 5.75 Å². The maximum atomic E-state index is 13.8. The largest absolute Gasteiger partial charge is 0.490 e. The standard InChI is InChI=1S/C44H49FN8O6S/c1-24(2)59-37-19-34-38(17-31(37)40(55)46-33-4-3-13-51(43(33)58)36-18-32(36)45)60-44(47-34)50-22-28-7-8-29(23-50)52(28)20-25-11-14-49(15-12-25)27-6-5-26-21-53(42(57)30(26)16-27)35-9-10-39(54)48-41(35)56/h3-6,13,16-17,19,24-25,28-29,32,35-36H,7-12,14-15,18,20-23H2,1-2H3,(H,46,55)(H,48,54,56)/t28?,29?,32-,35?,36+/m1/s1. The number of aromatic nitrogens is 2. The minimum absolute atomic E-state index is 0.0967. The van der Waals surface area contributed by atoms with Crippen LogP contribution in [-0.4, -0.2) is 106 Å². The number of piperidine rings is 2. The number of carbonyl (C=O) groups excluding carboxylic acids is 4. The summed E-state index contributed by atoms with van der Waals surface area (Å²) in [5.74, 6) is -0.312. The normalized spacial score (nSPS) is 25.6. The first-order valence-corrected chi connectivity index (χ1v) is 22.1. The summed E-state index contributed by atoms with van der Waals surface area (Å²) in [6.07, 6.45) is 5.64. The Labute approximate surface area is 350 Å². The average Bonchev–Trinajstić information content (AvgIpc) is 3.54. The van der Waals surface area contributed by atoms with Crippen molar-refractivity contribution < 1.29 is 28.3 Å². The fourth-order valence-electron chi connectivity index (χ4n) is 9.96. The molecule has 10 rings (SSSR count). The molecule has 4 aromatic rings. The highest BCUT2D eigenvalue weighted by atomic mass is 32.1. The Morgan fingerprint density at radius 1 is 1.00 bits per heavy atom. The molecule has 3 unspecified atom stereocenters. The summed E-state index contributed by atoms with van der Waals surface area (Å²) in [7, 11) is 0. The lowest BCUT2D eigenvalue weighted by Gasteiger charge is -2.44. The molecule has 4 saturated heterocycles.